The van der Waals surface area contributed by atoms with Crippen molar-refractivity contribution in [2.45, 2.75) is 39.4 Å². The molecule has 0 bridgehead atoms. The molecule has 2 amide bonds. The molecule has 2 unspecified atom stereocenters. The number of rotatable bonds is 3. The second-order valence-electron chi connectivity index (χ2n) is 7.77. The largest absolute Gasteiger partial charge is 0.325 e. The quantitative estimate of drug-likeness (QED) is 0.764. The van der Waals surface area contributed by atoms with Crippen molar-refractivity contribution in [1.29, 1.82) is 0 Å². The third kappa shape index (κ3) is 3.23. The Balaban J connectivity index is 1.73. The van der Waals surface area contributed by atoms with Gasteiger partial charge in [0.2, 0.25) is 0 Å². The smallest absolute Gasteiger partial charge is 0.314 e. The second-order valence-corrected chi connectivity index (χ2v) is 9.92. The maximum atomic E-state index is 13.3. The molecule has 0 aliphatic carbocycles. The Kier molecular flexibility index (Phi) is 4.26. The van der Waals surface area contributed by atoms with Gasteiger partial charge in [0.1, 0.15) is 0 Å². The van der Waals surface area contributed by atoms with Crippen molar-refractivity contribution in [1.82, 2.24) is 4.90 Å². The zero-order chi connectivity index (χ0) is 19.3. The van der Waals surface area contributed by atoms with Crippen LogP contribution in [0.3, 0.4) is 0 Å². The zero-order valence-electron chi connectivity index (χ0n) is 15.8. The number of amides is 2. The fourth-order valence-electron chi connectivity index (χ4n) is 4.11. The van der Waals surface area contributed by atoms with E-state index in [0.29, 0.717) is 6.54 Å². The van der Waals surface area contributed by atoms with Gasteiger partial charge in [-0.15, -0.1) is 0 Å². The van der Waals surface area contributed by atoms with Crippen LogP contribution >= 0.6 is 0 Å². The van der Waals surface area contributed by atoms with Gasteiger partial charge in [-0.25, -0.2) is 13.2 Å². The third-order valence-electron chi connectivity index (χ3n) is 5.57. The first-order valence-corrected chi connectivity index (χ1v) is 11.0. The van der Waals surface area contributed by atoms with Crippen molar-refractivity contribution in [2.75, 3.05) is 16.4 Å². The van der Waals surface area contributed by atoms with Crippen LogP contribution in [0.15, 0.2) is 42.5 Å². The fourth-order valence-corrected chi connectivity index (χ4v) is 6.06. The molecule has 0 aromatic heterocycles. The number of anilines is 1. The molecule has 0 saturated carbocycles. The Morgan fingerprint density at radius 2 is 1.56 bits per heavy atom. The molecule has 5 nitrogen and oxygen atoms in total. The zero-order valence-corrected chi connectivity index (χ0v) is 16.7. The second kappa shape index (κ2) is 6.37. The summed E-state index contributed by atoms with van der Waals surface area (Å²) in [6.45, 7) is 6.39. The number of nitrogens with zero attached hydrogens (tertiary/aromatic N) is 2. The predicted octanol–water partition coefficient (Wildman–Crippen LogP) is 3.22. The maximum absolute atomic E-state index is 13.3. The van der Waals surface area contributed by atoms with Crippen LogP contribution in [0.4, 0.5) is 10.5 Å². The van der Waals surface area contributed by atoms with Gasteiger partial charge < -0.3 is 4.90 Å². The monoisotopic (exact) mass is 384 g/mol. The van der Waals surface area contributed by atoms with E-state index in [2.05, 4.69) is 0 Å². The van der Waals surface area contributed by atoms with Gasteiger partial charge in [-0.05, 0) is 43.5 Å². The molecule has 2 heterocycles. The van der Waals surface area contributed by atoms with E-state index in [1.54, 1.807) is 9.80 Å². The lowest BCUT2D eigenvalue weighted by atomic mass is 10.1. The van der Waals surface area contributed by atoms with Crippen molar-refractivity contribution >= 4 is 21.6 Å². The first kappa shape index (κ1) is 18.0. The molecule has 142 valence electrons. The summed E-state index contributed by atoms with van der Waals surface area (Å²) < 4.78 is 24.7. The van der Waals surface area contributed by atoms with E-state index in [-0.39, 0.29) is 29.6 Å². The highest BCUT2D eigenvalue weighted by molar-refractivity contribution is 7.91. The van der Waals surface area contributed by atoms with Crippen LogP contribution in [0.25, 0.3) is 0 Å². The molecule has 6 heteroatoms. The summed E-state index contributed by atoms with van der Waals surface area (Å²) in [5.74, 6) is 0.0673. The molecule has 27 heavy (non-hydrogen) atoms. The Labute approximate surface area is 160 Å². The van der Waals surface area contributed by atoms with Gasteiger partial charge in [-0.2, -0.15) is 0 Å². The van der Waals surface area contributed by atoms with E-state index in [1.807, 2.05) is 63.2 Å². The molecule has 2 saturated heterocycles. The van der Waals surface area contributed by atoms with E-state index < -0.39 is 9.84 Å². The first-order valence-electron chi connectivity index (χ1n) is 9.18. The molecule has 2 aromatic carbocycles. The third-order valence-corrected chi connectivity index (χ3v) is 7.27. The van der Waals surface area contributed by atoms with E-state index in [4.69, 9.17) is 0 Å². The first-order chi connectivity index (χ1) is 12.7. The van der Waals surface area contributed by atoms with Crippen LogP contribution in [0.1, 0.15) is 22.3 Å². The van der Waals surface area contributed by atoms with Crippen molar-refractivity contribution in [3.8, 4) is 0 Å². The molecule has 2 fully saturated rings. The summed E-state index contributed by atoms with van der Waals surface area (Å²) in [6.07, 6.45) is 0. The number of urea groups is 1. The van der Waals surface area contributed by atoms with Crippen LogP contribution < -0.4 is 4.90 Å². The van der Waals surface area contributed by atoms with E-state index in [9.17, 15) is 13.2 Å². The molecule has 0 radical (unpaired) electrons. The SMILES string of the molecule is Cc1ccc(CN2C(=O)N(c3cc(C)ccc3C)C3CS(=O)(=O)CC32)cc1. The van der Waals surface area contributed by atoms with Gasteiger partial charge in [0.25, 0.3) is 0 Å². The number of carbonyl (C=O) groups excluding carboxylic acids is 1. The minimum atomic E-state index is -3.16. The van der Waals surface area contributed by atoms with Crippen molar-refractivity contribution < 1.29 is 13.2 Å². The summed E-state index contributed by atoms with van der Waals surface area (Å²) in [4.78, 5) is 16.8. The highest BCUT2D eigenvalue weighted by Gasteiger charge is 2.54. The summed E-state index contributed by atoms with van der Waals surface area (Å²) in [5.41, 5.74) is 5.02. The molecule has 0 spiro atoms. The van der Waals surface area contributed by atoms with E-state index in [1.165, 1.54) is 0 Å². The van der Waals surface area contributed by atoms with Gasteiger partial charge in [0, 0.05) is 12.2 Å². The number of hydrogen-bond acceptors (Lipinski definition) is 3. The number of sulfone groups is 1. The number of aryl methyl sites for hydroxylation is 3. The Morgan fingerprint density at radius 3 is 2.26 bits per heavy atom. The van der Waals surface area contributed by atoms with Crippen LogP contribution in [0.2, 0.25) is 0 Å². The number of benzene rings is 2. The minimum absolute atomic E-state index is 0.0290. The van der Waals surface area contributed by atoms with E-state index in [0.717, 1.165) is 27.9 Å². The molecule has 2 atom stereocenters. The number of hydrogen-bond donors (Lipinski definition) is 0. The molecule has 2 aliphatic heterocycles. The van der Waals surface area contributed by atoms with Crippen molar-refractivity contribution in [3.05, 3.63) is 64.7 Å². The van der Waals surface area contributed by atoms with Gasteiger partial charge >= 0.3 is 6.03 Å². The van der Waals surface area contributed by atoms with Crippen molar-refractivity contribution in [2.24, 2.45) is 0 Å². The highest BCUT2D eigenvalue weighted by Crippen LogP contribution is 2.37. The molecular formula is C21H24N2O3S. The summed E-state index contributed by atoms with van der Waals surface area (Å²) in [7, 11) is -3.16. The summed E-state index contributed by atoms with van der Waals surface area (Å²) in [6, 6.07) is 13.3. The van der Waals surface area contributed by atoms with Gasteiger partial charge in [-0.3, -0.25) is 4.90 Å². The van der Waals surface area contributed by atoms with Crippen LogP contribution in [0, 0.1) is 20.8 Å². The standard InChI is InChI=1S/C21H24N2O3S/c1-14-5-8-17(9-6-14)11-22-19-12-27(25,26)13-20(19)23(21(22)24)18-10-15(2)4-7-16(18)3/h4-10,19-20H,11-13H2,1-3H3. The van der Waals surface area contributed by atoms with Gasteiger partial charge in [0.05, 0.1) is 23.6 Å². The average Bonchev–Trinajstić information content (AvgIpc) is 3.03. The normalized spacial score (nSPS) is 23.7. The molecule has 4 rings (SSSR count). The van der Waals surface area contributed by atoms with Crippen LogP contribution in [0.5, 0.6) is 0 Å². The lowest BCUT2D eigenvalue weighted by Gasteiger charge is -2.24. The Hall–Kier alpha value is -2.34. The lowest BCUT2D eigenvalue weighted by molar-refractivity contribution is 0.206. The lowest BCUT2D eigenvalue weighted by Crippen LogP contribution is -2.38. The molecule has 2 aliphatic rings. The topological polar surface area (TPSA) is 57.7 Å². The Morgan fingerprint density at radius 1 is 0.926 bits per heavy atom. The van der Waals surface area contributed by atoms with Gasteiger partial charge in [-0.1, -0.05) is 42.0 Å². The minimum Gasteiger partial charge on any atom is -0.314 e. The average molecular weight is 385 g/mol. The van der Waals surface area contributed by atoms with Crippen LogP contribution in [-0.4, -0.2) is 42.9 Å². The summed E-state index contributed by atoms with van der Waals surface area (Å²) in [5, 5.41) is 0. The van der Waals surface area contributed by atoms with Gasteiger partial charge in [0.15, 0.2) is 9.84 Å². The number of carbonyl (C=O) groups is 1. The van der Waals surface area contributed by atoms with Crippen molar-refractivity contribution in [3.63, 3.8) is 0 Å². The molecule has 2 aromatic rings. The molecule has 0 N–H and O–H groups in total. The highest BCUT2D eigenvalue weighted by atomic mass is 32.2. The Bertz CT molecular complexity index is 999. The fraction of sp³-hybridized carbons (Fsp3) is 0.381. The summed E-state index contributed by atoms with van der Waals surface area (Å²) >= 11 is 0. The van der Waals surface area contributed by atoms with Crippen LogP contribution in [-0.2, 0) is 16.4 Å². The van der Waals surface area contributed by atoms with E-state index >= 15 is 0 Å². The predicted molar refractivity (Wildman–Crippen MR) is 107 cm³/mol. The number of fused-ring (bicyclic) bond motifs is 1. The maximum Gasteiger partial charge on any atom is 0.325 e. The molecular weight excluding hydrogens is 360 g/mol.